The molecule has 0 radical (unpaired) electrons. The summed E-state index contributed by atoms with van der Waals surface area (Å²) in [6.45, 7) is 3.76. The van der Waals surface area contributed by atoms with Crippen molar-refractivity contribution in [1.29, 1.82) is 0 Å². The van der Waals surface area contributed by atoms with Gasteiger partial charge < -0.3 is 15.4 Å². The van der Waals surface area contributed by atoms with Gasteiger partial charge in [-0.25, -0.2) is 0 Å². The second-order valence-electron chi connectivity index (χ2n) is 5.65. The van der Waals surface area contributed by atoms with Crippen LogP contribution in [0.1, 0.15) is 30.6 Å². The molecule has 0 spiro atoms. The van der Waals surface area contributed by atoms with E-state index in [0.29, 0.717) is 17.7 Å². The van der Waals surface area contributed by atoms with Crippen LogP contribution in [-0.4, -0.2) is 31.4 Å². The van der Waals surface area contributed by atoms with Gasteiger partial charge in [-0.2, -0.15) is 4.68 Å². The molecule has 0 saturated heterocycles. The Bertz CT molecular complexity index is 751. The number of nitro groups is 1. The van der Waals surface area contributed by atoms with Crippen LogP contribution >= 0.6 is 0 Å². The number of Topliss-reactive ketones (excluding diaryl/α,β-unsaturated/α-hetero) is 1. The maximum Gasteiger partial charge on any atom is 0.490 e. The molecule has 1 amide bonds. The van der Waals surface area contributed by atoms with E-state index in [-0.39, 0.29) is 24.2 Å². The summed E-state index contributed by atoms with van der Waals surface area (Å²) < 4.78 is 1.11. The predicted octanol–water partition coefficient (Wildman–Crippen LogP) is 2.05. The fourth-order valence-electron chi connectivity index (χ4n) is 2.01. The number of carbonyl (C=O) groups excluding carboxylic acids is 2. The molecule has 9 heteroatoms. The van der Waals surface area contributed by atoms with Crippen LogP contribution in [0.25, 0.3) is 0 Å². The normalized spacial score (nSPS) is 10.6. The molecule has 0 saturated carbocycles. The van der Waals surface area contributed by atoms with E-state index in [1.807, 2.05) is 13.8 Å². The third-order valence-corrected chi connectivity index (χ3v) is 3.08. The summed E-state index contributed by atoms with van der Waals surface area (Å²) in [4.78, 5) is 37.1. The molecule has 0 atom stereocenters. The molecule has 0 aliphatic heterocycles. The van der Waals surface area contributed by atoms with Gasteiger partial charge in [-0.3, -0.25) is 9.59 Å². The Morgan fingerprint density at radius 1 is 1.29 bits per heavy atom. The van der Waals surface area contributed by atoms with Gasteiger partial charge in [-0.15, -0.1) is 0 Å². The molecule has 0 unspecified atom stereocenters. The first kappa shape index (κ1) is 17.3. The van der Waals surface area contributed by atoms with Crippen LogP contribution in [0.4, 0.5) is 11.6 Å². The lowest BCUT2D eigenvalue weighted by molar-refractivity contribution is -0.394. The van der Waals surface area contributed by atoms with E-state index in [0.717, 1.165) is 11.0 Å². The van der Waals surface area contributed by atoms with E-state index in [2.05, 4.69) is 15.4 Å². The van der Waals surface area contributed by atoms with Gasteiger partial charge in [0.15, 0.2) is 5.78 Å². The highest BCUT2D eigenvalue weighted by atomic mass is 16.6. The molecule has 2 rings (SSSR count). The Balaban J connectivity index is 1.97. The second kappa shape index (κ2) is 7.44. The number of hydrogen-bond donors (Lipinski definition) is 1. The minimum Gasteiger partial charge on any atom is -0.390 e. The third kappa shape index (κ3) is 4.70. The highest BCUT2D eigenvalue weighted by Gasteiger charge is 2.16. The van der Waals surface area contributed by atoms with Gasteiger partial charge in [0.05, 0.1) is 0 Å². The van der Waals surface area contributed by atoms with Crippen molar-refractivity contribution in [3.8, 4) is 0 Å². The van der Waals surface area contributed by atoms with Gasteiger partial charge in [0.1, 0.15) is 6.54 Å². The van der Waals surface area contributed by atoms with E-state index in [9.17, 15) is 19.7 Å². The lowest BCUT2D eigenvalue weighted by atomic mass is 10.1. The van der Waals surface area contributed by atoms with E-state index in [1.54, 1.807) is 24.3 Å². The molecule has 0 aliphatic rings. The summed E-state index contributed by atoms with van der Waals surface area (Å²) in [5.74, 6) is -0.641. The van der Waals surface area contributed by atoms with Gasteiger partial charge in [0.2, 0.25) is 12.2 Å². The zero-order chi connectivity index (χ0) is 17.7. The zero-order valence-corrected chi connectivity index (χ0v) is 13.3. The molecular weight excluding hydrogens is 314 g/mol. The summed E-state index contributed by atoms with van der Waals surface area (Å²) >= 11 is 0. The topological polar surface area (TPSA) is 120 Å². The molecule has 9 nitrogen and oxygen atoms in total. The van der Waals surface area contributed by atoms with Gasteiger partial charge in [0.25, 0.3) is 0 Å². The Morgan fingerprint density at radius 3 is 2.50 bits per heavy atom. The number of nitrogens with one attached hydrogen (secondary N) is 1. The summed E-state index contributed by atoms with van der Waals surface area (Å²) in [6.07, 6.45) is 1.56. The van der Waals surface area contributed by atoms with E-state index in [1.165, 1.54) is 0 Å². The number of rotatable bonds is 7. The Morgan fingerprint density at radius 2 is 1.96 bits per heavy atom. The molecule has 24 heavy (non-hydrogen) atoms. The van der Waals surface area contributed by atoms with Crippen molar-refractivity contribution in [1.82, 2.24) is 14.8 Å². The fourth-order valence-corrected chi connectivity index (χ4v) is 2.01. The number of ketones is 1. The van der Waals surface area contributed by atoms with Gasteiger partial charge >= 0.3 is 5.95 Å². The number of benzene rings is 1. The number of carbonyl (C=O) groups is 2. The smallest absolute Gasteiger partial charge is 0.390 e. The van der Waals surface area contributed by atoms with Crippen molar-refractivity contribution in [2.24, 2.45) is 5.92 Å². The maximum absolute atomic E-state index is 12.1. The first-order valence-electron chi connectivity index (χ1n) is 7.32. The van der Waals surface area contributed by atoms with Crippen molar-refractivity contribution in [3.05, 3.63) is 46.3 Å². The van der Waals surface area contributed by atoms with Crippen LogP contribution in [0.2, 0.25) is 0 Å². The largest absolute Gasteiger partial charge is 0.490 e. The number of amides is 1. The maximum atomic E-state index is 12.1. The predicted molar refractivity (Wildman–Crippen MR) is 85.5 cm³/mol. The average molecular weight is 331 g/mol. The lowest BCUT2D eigenvalue weighted by Gasteiger charge is -2.07. The van der Waals surface area contributed by atoms with Crippen LogP contribution in [0.5, 0.6) is 0 Å². The molecule has 0 fully saturated rings. The molecule has 2 aromatic rings. The molecule has 1 N–H and O–H groups in total. The van der Waals surface area contributed by atoms with Gasteiger partial charge in [0, 0.05) is 22.8 Å². The van der Waals surface area contributed by atoms with Crippen LogP contribution in [0.3, 0.4) is 0 Å². The Kier molecular flexibility index (Phi) is 5.35. The lowest BCUT2D eigenvalue weighted by Crippen LogP contribution is -2.14. The standard InChI is InChI=1S/C15H17N5O4/c1-10(2)7-14(22)17-12-5-3-11(4-6-12)13(21)8-19-9-16-15(18-19)20(23)24/h3-6,9-10H,7-8H2,1-2H3,(H,17,22). The molecule has 1 aromatic carbocycles. The summed E-state index contributed by atoms with van der Waals surface area (Å²) in [7, 11) is 0. The Hall–Kier alpha value is -3.10. The number of anilines is 1. The zero-order valence-electron chi connectivity index (χ0n) is 13.3. The highest BCUT2D eigenvalue weighted by molar-refractivity contribution is 5.97. The average Bonchev–Trinajstić information content (AvgIpc) is 2.95. The van der Waals surface area contributed by atoms with E-state index < -0.39 is 10.9 Å². The molecule has 126 valence electrons. The summed E-state index contributed by atoms with van der Waals surface area (Å²) in [6, 6.07) is 6.43. The Labute approximate surface area is 137 Å². The molecule has 0 bridgehead atoms. The quantitative estimate of drug-likeness (QED) is 0.471. The van der Waals surface area contributed by atoms with Crippen molar-refractivity contribution >= 4 is 23.3 Å². The monoisotopic (exact) mass is 331 g/mol. The van der Waals surface area contributed by atoms with Crippen molar-refractivity contribution in [3.63, 3.8) is 0 Å². The number of nitrogens with zero attached hydrogens (tertiary/aromatic N) is 4. The number of hydrogen-bond acceptors (Lipinski definition) is 6. The second-order valence-corrected chi connectivity index (χ2v) is 5.65. The van der Waals surface area contributed by atoms with Crippen molar-refractivity contribution in [2.45, 2.75) is 26.8 Å². The van der Waals surface area contributed by atoms with Crippen LogP contribution in [0, 0.1) is 16.0 Å². The van der Waals surface area contributed by atoms with Gasteiger partial charge in [-0.05, 0) is 35.1 Å². The SMILES string of the molecule is CC(C)CC(=O)Nc1ccc(C(=O)Cn2cnc([N+](=O)[O-])n2)cc1. The minimum atomic E-state index is -0.727. The molecular formula is C15H17N5O4. The molecule has 1 heterocycles. The number of aromatic nitrogens is 3. The minimum absolute atomic E-state index is 0.0843. The van der Waals surface area contributed by atoms with E-state index in [4.69, 9.17) is 0 Å². The molecule has 1 aromatic heterocycles. The first-order chi connectivity index (χ1) is 11.3. The first-order valence-corrected chi connectivity index (χ1v) is 7.32. The van der Waals surface area contributed by atoms with Crippen LogP contribution in [0.15, 0.2) is 30.6 Å². The molecule has 0 aliphatic carbocycles. The van der Waals surface area contributed by atoms with Crippen LogP contribution in [-0.2, 0) is 11.3 Å². The highest BCUT2D eigenvalue weighted by Crippen LogP contribution is 2.12. The van der Waals surface area contributed by atoms with Crippen molar-refractivity contribution < 1.29 is 14.5 Å². The summed E-state index contributed by atoms with van der Waals surface area (Å²) in [5.41, 5.74) is 1.02. The van der Waals surface area contributed by atoms with Crippen molar-refractivity contribution in [2.75, 3.05) is 5.32 Å². The summed E-state index contributed by atoms with van der Waals surface area (Å²) in [5, 5.41) is 16.9. The fraction of sp³-hybridized carbons (Fsp3) is 0.333. The van der Waals surface area contributed by atoms with Crippen LogP contribution < -0.4 is 5.32 Å². The third-order valence-electron chi connectivity index (χ3n) is 3.08. The van der Waals surface area contributed by atoms with E-state index >= 15 is 0 Å². The van der Waals surface area contributed by atoms with Gasteiger partial charge in [-0.1, -0.05) is 18.8 Å².